The van der Waals surface area contributed by atoms with Crippen molar-refractivity contribution in [3.63, 3.8) is 0 Å². The summed E-state index contributed by atoms with van der Waals surface area (Å²) in [6, 6.07) is 13.1. The zero-order chi connectivity index (χ0) is 17.9. The fourth-order valence-electron chi connectivity index (χ4n) is 2.97. The van der Waals surface area contributed by atoms with Crippen molar-refractivity contribution in [1.82, 2.24) is 9.61 Å². The Morgan fingerprint density at radius 1 is 0.960 bits per heavy atom. The molecule has 0 saturated carbocycles. The molecule has 0 spiro atoms. The lowest BCUT2D eigenvalue weighted by Crippen LogP contribution is -2.04. The number of hydrogen-bond donors (Lipinski definition) is 0. The van der Waals surface area contributed by atoms with Crippen molar-refractivity contribution in [2.45, 2.75) is 45.2 Å². The van der Waals surface area contributed by atoms with Gasteiger partial charge in [-0.15, -0.1) is 0 Å². The van der Waals surface area contributed by atoms with Crippen LogP contribution in [0.25, 0.3) is 16.8 Å². The van der Waals surface area contributed by atoms with Crippen molar-refractivity contribution in [3.8, 4) is 11.3 Å². The van der Waals surface area contributed by atoms with E-state index in [1.807, 2.05) is 22.7 Å². The van der Waals surface area contributed by atoms with Gasteiger partial charge in [-0.25, -0.2) is 4.52 Å². The topological polar surface area (TPSA) is 17.3 Å². The molecule has 3 rings (SSSR count). The van der Waals surface area contributed by atoms with E-state index in [1.54, 1.807) is 0 Å². The van der Waals surface area contributed by atoms with Crippen LogP contribution in [0.4, 0.5) is 13.2 Å². The quantitative estimate of drug-likeness (QED) is 0.490. The number of halogens is 3. The number of hydrogen-bond acceptors (Lipinski definition) is 1. The summed E-state index contributed by atoms with van der Waals surface area (Å²) in [7, 11) is 0. The maximum Gasteiger partial charge on any atom is 0.416 e. The number of unbranched alkanes of at least 4 members (excludes halogenated alkanes) is 3. The largest absolute Gasteiger partial charge is 0.416 e. The van der Waals surface area contributed by atoms with Gasteiger partial charge in [0.25, 0.3) is 0 Å². The minimum Gasteiger partial charge on any atom is -0.237 e. The van der Waals surface area contributed by atoms with Gasteiger partial charge in [0.1, 0.15) is 0 Å². The predicted octanol–water partition coefficient (Wildman–Crippen LogP) is 6.14. The van der Waals surface area contributed by atoms with Gasteiger partial charge in [0.15, 0.2) is 0 Å². The maximum atomic E-state index is 12.7. The van der Waals surface area contributed by atoms with E-state index in [0.29, 0.717) is 11.3 Å². The highest BCUT2D eigenvalue weighted by molar-refractivity contribution is 5.66. The van der Waals surface area contributed by atoms with E-state index >= 15 is 0 Å². The van der Waals surface area contributed by atoms with E-state index in [0.717, 1.165) is 36.2 Å². The summed E-state index contributed by atoms with van der Waals surface area (Å²) in [4.78, 5) is 0. The maximum absolute atomic E-state index is 12.7. The highest BCUT2D eigenvalue weighted by Gasteiger charge is 2.30. The molecule has 0 radical (unpaired) electrons. The van der Waals surface area contributed by atoms with E-state index in [2.05, 4.69) is 18.1 Å². The second-order valence-corrected chi connectivity index (χ2v) is 6.27. The summed E-state index contributed by atoms with van der Waals surface area (Å²) in [6.07, 6.45) is 1.37. The number of aryl methyl sites for hydroxylation is 1. The molecule has 0 atom stereocenters. The van der Waals surface area contributed by atoms with Crippen LogP contribution in [0.1, 0.15) is 43.9 Å². The summed E-state index contributed by atoms with van der Waals surface area (Å²) in [5, 5.41) is 4.61. The average molecular weight is 346 g/mol. The van der Waals surface area contributed by atoms with Crippen LogP contribution in [-0.4, -0.2) is 9.61 Å². The first-order chi connectivity index (χ1) is 12.0. The summed E-state index contributed by atoms with van der Waals surface area (Å²) >= 11 is 0. The molecule has 5 heteroatoms. The first-order valence-electron chi connectivity index (χ1n) is 8.64. The normalized spacial score (nSPS) is 12.0. The molecule has 0 amide bonds. The fraction of sp³-hybridized carbons (Fsp3) is 0.350. The van der Waals surface area contributed by atoms with E-state index < -0.39 is 11.7 Å². The third-order valence-electron chi connectivity index (χ3n) is 4.36. The molecular weight excluding hydrogens is 325 g/mol. The van der Waals surface area contributed by atoms with Crippen molar-refractivity contribution in [1.29, 1.82) is 0 Å². The van der Waals surface area contributed by atoms with Crippen LogP contribution < -0.4 is 0 Å². The molecule has 0 saturated heterocycles. The molecule has 0 aliphatic rings. The van der Waals surface area contributed by atoms with Gasteiger partial charge >= 0.3 is 6.18 Å². The molecule has 0 fully saturated rings. The zero-order valence-corrected chi connectivity index (χ0v) is 14.2. The van der Waals surface area contributed by atoms with E-state index in [9.17, 15) is 13.2 Å². The van der Waals surface area contributed by atoms with Crippen LogP contribution in [-0.2, 0) is 12.6 Å². The van der Waals surface area contributed by atoms with Crippen LogP contribution in [0.5, 0.6) is 0 Å². The van der Waals surface area contributed by atoms with Crippen molar-refractivity contribution in [2.24, 2.45) is 0 Å². The number of nitrogens with zero attached hydrogens (tertiary/aromatic N) is 2. The Labute approximate surface area is 145 Å². The molecule has 2 nitrogen and oxygen atoms in total. The monoisotopic (exact) mass is 346 g/mol. The first kappa shape index (κ1) is 17.5. The Bertz CT molecular complexity index is 832. The van der Waals surface area contributed by atoms with Crippen molar-refractivity contribution in [3.05, 3.63) is 59.8 Å². The molecule has 1 aromatic carbocycles. The molecule has 0 unspecified atom stereocenters. The standard InChI is InChI=1S/C20H21F3N2/c1-2-3-4-5-7-17-8-6-9-18-14-19(24-25(17)18)15-10-12-16(13-11-15)20(21,22)23/h6,8-14H,2-5,7H2,1H3. The summed E-state index contributed by atoms with van der Waals surface area (Å²) < 4.78 is 40.0. The van der Waals surface area contributed by atoms with E-state index in [-0.39, 0.29) is 0 Å². The molecule has 0 aliphatic heterocycles. The number of benzene rings is 1. The highest BCUT2D eigenvalue weighted by atomic mass is 19.4. The number of fused-ring (bicyclic) bond motifs is 1. The Morgan fingerprint density at radius 2 is 1.72 bits per heavy atom. The first-order valence-corrected chi connectivity index (χ1v) is 8.64. The van der Waals surface area contributed by atoms with Gasteiger partial charge in [0, 0.05) is 11.3 Å². The number of aromatic nitrogens is 2. The molecule has 2 aromatic heterocycles. The van der Waals surface area contributed by atoms with Crippen LogP contribution in [0.15, 0.2) is 48.5 Å². The third-order valence-corrected chi connectivity index (χ3v) is 4.36. The van der Waals surface area contributed by atoms with Gasteiger partial charge in [-0.3, -0.25) is 0 Å². The summed E-state index contributed by atoms with van der Waals surface area (Å²) in [5.74, 6) is 0. The van der Waals surface area contributed by atoms with Gasteiger partial charge in [-0.05, 0) is 43.2 Å². The molecular formula is C20H21F3N2. The summed E-state index contributed by atoms with van der Waals surface area (Å²) in [5.41, 5.74) is 2.83. The average Bonchev–Trinajstić information content (AvgIpc) is 3.03. The highest BCUT2D eigenvalue weighted by Crippen LogP contribution is 2.31. The summed E-state index contributed by atoms with van der Waals surface area (Å²) in [6.45, 7) is 2.19. The van der Waals surface area contributed by atoms with Crippen molar-refractivity contribution < 1.29 is 13.2 Å². The van der Waals surface area contributed by atoms with Crippen LogP contribution in [0, 0.1) is 0 Å². The smallest absolute Gasteiger partial charge is 0.237 e. The van der Waals surface area contributed by atoms with Gasteiger partial charge in [-0.1, -0.05) is 44.4 Å². The molecule has 0 bridgehead atoms. The van der Waals surface area contributed by atoms with Gasteiger partial charge in [0.2, 0.25) is 0 Å². The van der Waals surface area contributed by atoms with Crippen molar-refractivity contribution in [2.75, 3.05) is 0 Å². The molecule has 0 aliphatic carbocycles. The Kier molecular flexibility index (Phi) is 5.11. The van der Waals surface area contributed by atoms with Crippen LogP contribution >= 0.6 is 0 Å². The van der Waals surface area contributed by atoms with E-state index in [4.69, 9.17) is 0 Å². The molecule has 0 N–H and O–H groups in total. The second kappa shape index (κ2) is 7.30. The van der Waals surface area contributed by atoms with Crippen LogP contribution in [0.3, 0.4) is 0 Å². The second-order valence-electron chi connectivity index (χ2n) is 6.27. The molecule has 2 heterocycles. The van der Waals surface area contributed by atoms with E-state index in [1.165, 1.54) is 31.4 Å². The molecule has 3 aromatic rings. The van der Waals surface area contributed by atoms with Crippen molar-refractivity contribution >= 4 is 5.52 Å². The third kappa shape index (κ3) is 4.03. The number of pyridine rings is 1. The van der Waals surface area contributed by atoms with Crippen LogP contribution in [0.2, 0.25) is 0 Å². The SMILES string of the molecule is CCCCCCc1cccc2cc(-c3ccc(C(F)(F)F)cc3)nn12. The van der Waals surface area contributed by atoms with Gasteiger partial charge < -0.3 is 0 Å². The minimum atomic E-state index is -4.32. The Balaban J connectivity index is 1.86. The molecule has 132 valence electrons. The lowest BCUT2D eigenvalue weighted by atomic mass is 10.1. The zero-order valence-electron chi connectivity index (χ0n) is 14.2. The number of alkyl halides is 3. The number of rotatable bonds is 6. The van der Waals surface area contributed by atoms with Gasteiger partial charge in [-0.2, -0.15) is 18.3 Å². The fourth-order valence-corrected chi connectivity index (χ4v) is 2.97. The predicted molar refractivity (Wildman–Crippen MR) is 93.5 cm³/mol. The lowest BCUT2D eigenvalue weighted by molar-refractivity contribution is -0.137. The lowest BCUT2D eigenvalue weighted by Gasteiger charge is -2.06. The Hall–Kier alpha value is -2.30. The minimum absolute atomic E-state index is 0.642. The Morgan fingerprint density at radius 3 is 2.40 bits per heavy atom. The van der Waals surface area contributed by atoms with Gasteiger partial charge in [0.05, 0.1) is 16.8 Å². The molecule has 25 heavy (non-hydrogen) atoms.